The highest BCUT2D eigenvalue weighted by Crippen LogP contribution is 2.41. The fraction of sp³-hybridized carbons (Fsp3) is 0.0714. The topological polar surface area (TPSA) is 29.1 Å². The Bertz CT molecular complexity index is 737. The van der Waals surface area contributed by atoms with Crippen LogP contribution in [0.2, 0.25) is 0 Å². The third kappa shape index (κ3) is 2.62. The zero-order valence-electron chi connectivity index (χ0n) is 10.4. The van der Waals surface area contributed by atoms with Crippen molar-refractivity contribution in [2.24, 2.45) is 0 Å². The van der Waals surface area contributed by atoms with Gasteiger partial charge in [-0.1, -0.05) is 15.9 Å². The molecule has 0 atom stereocenters. The van der Waals surface area contributed by atoms with Gasteiger partial charge in [-0.05, 0) is 52.5 Å². The standard InChI is InChI=1S/C14H9Br2NOS2/c1-19-12-3-2-8(20-12)6-10-9-4-7(15)5-11(16)13(9)17-14(10)18/h2-6H,1H3,(H,17,18). The first-order valence-electron chi connectivity index (χ1n) is 5.75. The Morgan fingerprint density at radius 3 is 2.80 bits per heavy atom. The molecule has 2 nitrogen and oxygen atoms in total. The molecule has 2 heterocycles. The van der Waals surface area contributed by atoms with Gasteiger partial charge in [-0.2, -0.15) is 0 Å². The van der Waals surface area contributed by atoms with E-state index >= 15 is 0 Å². The number of anilines is 1. The lowest BCUT2D eigenvalue weighted by atomic mass is 10.1. The summed E-state index contributed by atoms with van der Waals surface area (Å²) in [5.74, 6) is -0.0575. The van der Waals surface area contributed by atoms with Gasteiger partial charge in [-0.25, -0.2) is 0 Å². The third-order valence-corrected chi connectivity index (χ3v) is 6.12. The summed E-state index contributed by atoms with van der Waals surface area (Å²) >= 11 is 10.3. The van der Waals surface area contributed by atoms with Gasteiger partial charge in [-0.3, -0.25) is 4.79 Å². The van der Waals surface area contributed by atoms with E-state index in [2.05, 4.69) is 49.5 Å². The SMILES string of the molecule is CSc1ccc(C=C2C(=O)Nc3c(Br)cc(Br)cc32)s1. The highest BCUT2D eigenvalue weighted by atomic mass is 79.9. The van der Waals surface area contributed by atoms with Crippen molar-refractivity contribution in [2.75, 3.05) is 11.6 Å². The first kappa shape index (κ1) is 14.4. The number of hydrogen-bond acceptors (Lipinski definition) is 3. The predicted molar refractivity (Wildman–Crippen MR) is 94.4 cm³/mol. The van der Waals surface area contributed by atoms with Crippen LogP contribution in [0.25, 0.3) is 11.6 Å². The second kappa shape index (κ2) is 5.67. The molecule has 0 bridgehead atoms. The van der Waals surface area contributed by atoms with Crippen molar-refractivity contribution in [3.8, 4) is 0 Å². The van der Waals surface area contributed by atoms with Crippen LogP contribution in [0.1, 0.15) is 10.4 Å². The molecule has 1 aromatic carbocycles. The molecule has 102 valence electrons. The van der Waals surface area contributed by atoms with Crippen molar-refractivity contribution in [2.45, 2.75) is 4.21 Å². The average Bonchev–Trinajstić information content (AvgIpc) is 2.97. The minimum Gasteiger partial charge on any atom is -0.320 e. The van der Waals surface area contributed by atoms with Crippen LogP contribution < -0.4 is 5.32 Å². The lowest BCUT2D eigenvalue weighted by Gasteiger charge is -2.02. The van der Waals surface area contributed by atoms with Crippen LogP contribution in [-0.4, -0.2) is 12.2 Å². The van der Waals surface area contributed by atoms with E-state index in [-0.39, 0.29) is 5.91 Å². The fourth-order valence-electron chi connectivity index (χ4n) is 2.02. The number of hydrogen-bond donors (Lipinski definition) is 1. The average molecular weight is 431 g/mol. The van der Waals surface area contributed by atoms with E-state index in [0.717, 1.165) is 25.1 Å². The van der Waals surface area contributed by atoms with Gasteiger partial charge >= 0.3 is 0 Å². The Balaban J connectivity index is 2.10. The summed E-state index contributed by atoms with van der Waals surface area (Å²) in [6.07, 6.45) is 4.00. The van der Waals surface area contributed by atoms with Gasteiger partial charge in [-0.15, -0.1) is 23.1 Å². The number of benzene rings is 1. The summed E-state index contributed by atoms with van der Waals surface area (Å²) in [5.41, 5.74) is 2.47. The molecule has 3 rings (SSSR count). The number of carbonyl (C=O) groups excluding carboxylic acids is 1. The summed E-state index contributed by atoms with van der Waals surface area (Å²) < 4.78 is 3.07. The van der Waals surface area contributed by atoms with Crippen LogP contribution in [-0.2, 0) is 4.79 Å². The molecular weight excluding hydrogens is 422 g/mol. The Labute approximate surface area is 141 Å². The molecule has 0 aliphatic carbocycles. The van der Waals surface area contributed by atoms with E-state index < -0.39 is 0 Å². The fourth-order valence-corrected chi connectivity index (χ4v) is 4.86. The normalized spacial score (nSPS) is 15.6. The van der Waals surface area contributed by atoms with Crippen molar-refractivity contribution in [3.63, 3.8) is 0 Å². The minimum atomic E-state index is -0.0575. The van der Waals surface area contributed by atoms with Crippen LogP contribution in [0.3, 0.4) is 0 Å². The number of nitrogens with one attached hydrogen (secondary N) is 1. The molecule has 1 N–H and O–H groups in total. The Morgan fingerprint density at radius 2 is 2.10 bits per heavy atom. The van der Waals surface area contributed by atoms with Crippen molar-refractivity contribution in [1.82, 2.24) is 0 Å². The molecule has 20 heavy (non-hydrogen) atoms. The second-order valence-corrected chi connectivity index (χ2v) is 8.18. The van der Waals surface area contributed by atoms with Gasteiger partial charge in [0.2, 0.25) is 0 Å². The quantitative estimate of drug-likeness (QED) is 0.504. The van der Waals surface area contributed by atoms with E-state index in [9.17, 15) is 4.79 Å². The van der Waals surface area contributed by atoms with Gasteiger partial charge < -0.3 is 5.32 Å². The second-order valence-electron chi connectivity index (χ2n) is 4.18. The molecular formula is C14H9Br2NOS2. The van der Waals surface area contributed by atoms with E-state index in [0.29, 0.717) is 5.57 Å². The van der Waals surface area contributed by atoms with Crippen molar-refractivity contribution < 1.29 is 4.79 Å². The number of amides is 1. The first-order valence-corrected chi connectivity index (χ1v) is 9.37. The number of fused-ring (bicyclic) bond motifs is 1. The number of carbonyl (C=O) groups is 1. The zero-order chi connectivity index (χ0) is 14.3. The van der Waals surface area contributed by atoms with Crippen LogP contribution >= 0.6 is 55.0 Å². The maximum atomic E-state index is 12.2. The number of halogens is 2. The molecule has 1 aromatic heterocycles. The van der Waals surface area contributed by atoms with Crippen LogP contribution in [0, 0.1) is 0 Å². The number of rotatable bonds is 2. The van der Waals surface area contributed by atoms with Gasteiger partial charge in [0.05, 0.1) is 15.5 Å². The van der Waals surface area contributed by atoms with E-state index in [4.69, 9.17) is 0 Å². The highest BCUT2D eigenvalue weighted by Gasteiger charge is 2.26. The molecule has 0 fully saturated rings. The van der Waals surface area contributed by atoms with Crippen molar-refractivity contribution >= 4 is 78.2 Å². The molecule has 0 spiro atoms. The zero-order valence-corrected chi connectivity index (χ0v) is 15.2. The van der Waals surface area contributed by atoms with Gasteiger partial charge in [0.25, 0.3) is 5.91 Å². The minimum absolute atomic E-state index is 0.0575. The summed E-state index contributed by atoms with van der Waals surface area (Å²) in [7, 11) is 0. The maximum absolute atomic E-state index is 12.2. The van der Waals surface area contributed by atoms with E-state index in [1.165, 1.54) is 4.21 Å². The van der Waals surface area contributed by atoms with Crippen LogP contribution in [0.5, 0.6) is 0 Å². The third-order valence-electron chi connectivity index (χ3n) is 2.92. The number of thiophene rings is 1. The number of thioether (sulfide) groups is 1. The van der Waals surface area contributed by atoms with E-state index in [1.54, 1.807) is 23.1 Å². The smallest absolute Gasteiger partial charge is 0.256 e. The van der Waals surface area contributed by atoms with Crippen molar-refractivity contribution in [1.29, 1.82) is 0 Å². The Hall–Kier alpha value is -0.560. The first-order chi connectivity index (χ1) is 9.58. The van der Waals surface area contributed by atoms with Crippen LogP contribution in [0.4, 0.5) is 5.69 Å². The van der Waals surface area contributed by atoms with E-state index in [1.807, 2.05) is 24.3 Å². The molecule has 1 aliphatic heterocycles. The molecule has 2 aromatic rings. The lowest BCUT2D eigenvalue weighted by Crippen LogP contribution is -2.03. The molecule has 0 radical (unpaired) electrons. The lowest BCUT2D eigenvalue weighted by molar-refractivity contribution is -0.110. The van der Waals surface area contributed by atoms with Crippen LogP contribution in [0.15, 0.2) is 37.4 Å². The summed E-state index contributed by atoms with van der Waals surface area (Å²) in [6.45, 7) is 0. The predicted octanol–water partition coefficient (Wildman–Crippen LogP) is 5.49. The molecule has 1 aliphatic rings. The maximum Gasteiger partial charge on any atom is 0.256 e. The summed E-state index contributed by atoms with van der Waals surface area (Å²) in [5, 5.41) is 2.91. The van der Waals surface area contributed by atoms with Gasteiger partial charge in [0.15, 0.2) is 0 Å². The Kier molecular flexibility index (Phi) is 4.08. The molecule has 0 unspecified atom stereocenters. The molecule has 0 saturated heterocycles. The van der Waals surface area contributed by atoms with Gasteiger partial charge in [0.1, 0.15) is 0 Å². The monoisotopic (exact) mass is 429 g/mol. The van der Waals surface area contributed by atoms with Crippen molar-refractivity contribution in [3.05, 3.63) is 43.7 Å². The molecule has 1 amide bonds. The largest absolute Gasteiger partial charge is 0.320 e. The Morgan fingerprint density at radius 1 is 1.30 bits per heavy atom. The summed E-state index contributed by atoms with van der Waals surface area (Å²) in [6, 6.07) is 8.01. The molecule has 0 saturated carbocycles. The molecule has 6 heteroatoms. The highest BCUT2D eigenvalue weighted by molar-refractivity contribution is 9.11. The van der Waals surface area contributed by atoms with Gasteiger partial charge in [0, 0.05) is 19.4 Å². The summed E-state index contributed by atoms with van der Waals surface area (Å²) in [4.78, 5) is 13.2.